The highest BCUT2D eigenvalue weighted by atomic mass is 19.1. The number of nitrogens with zero attached hydrogens (tertiary/aromatic N) is 1. The zero-order valence-corrected chi connectivity index (χ0v) is 14.4. The molecule has 24 heavy (non-hydrogen) atoms. The van der Waals surface area contributed by atoms with Gasteiger partial charge in [-0.05, 0) is 25.7 Å². The number of likely N-dealkylation sites (tertiary alicyclic amines) is 1. The Morgan fingerprint density at radius 2 is 2.00 bits per heavy atom. The Morgan fingerprint density at radius 1 is 1.29 bits per heavy atom. The summed E-state index contributed by atoms with van der Waals surface area (Å²) in [4.78, 5) is 37.7. The Hall–Kier alpha value is -1.70. The Morgan fingerprint density at radius 3 is 2.58 bits per heavy atom. The van der Waals surface area contributed by atoms with Gasteiger partial charge in [-0.15, -0.1) is 0 Å². The van der Waals surface area contributed by atoms with Gasteiger partial charge >= 0.3 is 0 Å². The molecule has 138 valence electrons. The number of hydrogen-bond donors (Lipinski definition) is 3. The lowest BCUT2D eigenvalue weighted by Crippen LogP contribution is -2.51. The summed E-state index contributed by atoms with van der Waals surface area (Å²) in [6.07, 6.45) is 1.38. The van der Waals surface area contributed by atoms with E-state index in [4.69, 9.17) is 5.21 Å². The van der Waals surface area contributed by atoms with Crippen LogP contribution in [0.5, 0.6) is 0 Å². The molecule has 1 saturated heterocycles. The van der Waals surface area contributed by atoms with Crippen LogP contribution in [0.3, 0.4) is 0 Å². The minimum atomic E-state index is -2.13. The van der Waals surface area contributed by atoms with Crippen LogP contribution < -0.4 is 10.8 Å². The molecule has 0 saturated carbocycles. The highest BCUT2D eigenvalue weighted by Gasteiger charge is 2.41. The standard InChI is InChI=1S/C16H28FN3O4/c1-3-5-7-11(13(17)15(22)19-24)16(23)20-10-6-8-12(20)14(21)18-9-4-2/h11-13,24H,3-10H2,1-2H3,(H,18,21)(H,19,22). The fourth-order valence-electron chi connectivity index (χ4n) is 2.95. The summed E-state index contributed by atoms with van der Waals surface area (Å²) in [5.41, 5.74) is 1.27. The third-order valence-corrected chi connectivity index (χ3v) is 4.29. The number of nitrogens with one attached hydrogen (secondary N) is 2. The van der Waals surface area contributed by atoms with E-state index in [1.807, 2.05) is 13.8 Å². The van der Waals surface area contributed by atoms with E-state index in [0.717, 1.165) is 12.8 Å². The second-order valence-corrected chi connectivity index (χ2v) is 6.11. The van der Waals surface area contributed by atoms with Crippen LogP contribution in [0, 0.1) is 5.92 Å². The van der Waals surface area contributed by atoms with Crippen molar-refractivity contribution >= 4 is 17.7 Å². The fourth-order valence-corrected chi connectivity index (χ4v) is 2.95. The molecule has 7 nitrogen and oxygen atoms in total. The number of rotatable bonds is 9. The second-order valence-electron chi connectivity index (χ2n) is 6.11. The fraction of sp³-hybridized carbons (Fsp3) is 0.812. The van der Waals surface area contributed by atoms with Gasteiger partial charge < -0.3 is 10.2 Å². The van der Waals surface area contributed by atoms with Gasteiger partial charge in [0.1, 0.15) is 6.04 Å². The van der Waals surface area contributed by atoms with Crippen molar-refractivity contribution in [1.29, 1.82) is 0 Å². The molecule has 0 spiro atoms. The first kappa shape index (κ1) is 20.3. The molecule has 0 aromatic rings. The molecule has 0 aliphatic carbocycles. The summed E-state index contributed by atoms with van der Waals surface area (Å²) in [5.74, 6) is -3.18. The summed E-state index contributed by atoms with van der Waals surface area (Å²) in [7, 11) is 0. The van der Waals surface area contributed by atoms with Crippen LogP contribution >= 0.6 is 0 Å². The van der Waals surface area contributed by atoms with Crippen LogP contribution in [0.4, 0.5) is 4.39 Å². The number of unbranched alkanes of at least 4 members (excludes halogenated alkanes) is 1. The molecular weight excluding hydrogens is 317 g/mol. The van der Waals surface area contributed by atoms with Crippen molar-refractivity contribution in [2.24, 2.45) is 5.92 Å². The van der Waals surface area contributed by atoms with E-state index in [1.54, 1.807) is 0 Å². The first-order valence-electron chi connectivity index (χ1n) is 8.64. The van der Waals surface area contributed by atoms with Crippen LogP contribution in [0.1, 0.15) is 52.4 Å². The number of carbonyl (C=O) groups excluding carboxylic acids is 3. The molecule has 1 fully saturated rings. The van der Waals surface area contributed by atoms with Gasteiger partial charge in [0.15, 0.2) is 6.17 Å². The van der Waals surface area contributed by atoms with Gasteiger partial charge in [0, 0.05) is 13.1 Å². The molecule has 1 aliphatic rings. The van der Waals surface area contributed by atoms with Gasteiger partial charge in [-0.1, -0.05) is 26.7 Å². The van der Waals surface area contributed by atoms with Crippen LogP contribution in [-0.2, 0) is 14.4 Å². The molecule has 3 N–H and O–H groups in total. The molecule has 1 heterocycles. The molecular formula is C16H28FN3O4. The van der Waals surface area contributed by atoms with Crippen molar-refractivity contribution in [3.8, 4) is 0 Å². The van der Waals surface area contributed by atoms with E-state index in [1.165, 1.54) is 10.4 Å². The zero-order valence-electron chi connectivity index (χ0n) is 14.4. The molecule has 0 aromatic carbocycles. The van der Waals surface area contributed by atoms with Gasteiger partial charge in [-0.25, -0.2) is 9.87 Å². The van der Waals surface area contributed by atoms with Crippen molar-refractivity contribution in [3.05, 3.63) is 0 Å². The smallest absolute Gasteiger partial charge is 0.278 e. The largest absolute Gasteiger partial charge is 0.354 e. The molecule has 3 atom stereocenters. The molecule has 0 aromatic heterocycles. The van der Waals surface area contributed by atoms with E-state index < -0.39 is 29.9 Å². The summed E-state index contributed by atoms with van der Waals surface area (Å²) >= 11 is 0. The van der Waals surface area contributed by atoms with E-state index in [-0.39, 0.29) is 12.3 Å². The van der Waals surface area contributed by atoms with E-state index >= 15 is 0 Å². The molecule has 1 aliphatic heterocycles. The van der Waals surface area contributed by atoms with Crippen LogP contribution in [0.2, 0.25) is 0 Å². The minimum absolute atomic E-state index is 0.198. The average Bonchev–Trinajstić information content (AvgIpc) is 3.08. The van der Waals surface area contributed by atoms with Crippen molar-refractivity contribution < 1.29 is 24.0 Å². The lowest BCUT2D eigenvalue weighted by Gasteiger charge is -2.29. The minimum Gasteiger partial charge on any atom is -0.354 e. The first-order valence-corrected chi connectivity index (χ1v) is 8.64. The van der Waals surface area contributed by atoms with Crippen molar-refractivity contribution in [1.82, 2.24) is 15.7 Å². The second kappa shape index (κ2) is 10.2. The lowest BCUT2D eigenvalue weighted by molar-refractivity contribution is -0.149. The molecule has 3 amide bonds. The van der Waals surface area contributed by atoms with E-state index in [0.29, 0.717) is 32.4 Å². The van der Waals surface area contributed by atoms with Crippen LogP contribution in [0.25, 0.3) is 0 Å². The number of halogens is 1. The van der Waals surface area contributed by atoms with Gasteiger partial charge in [0.2, 0.25) is 11.8 Å². The Labute approximate surface area is 141 Å². The first-order chi connectivity index (χ1) is 11.5. The number of carbonyl (C=O) groups is 3. The third-order valence-electron chi connectivity index (χ3n) is 4.29. The quantitative estimate of drug-likeness (QED) is 0.431. The summed E-state index contributed by atoms with van der Waals surface area (Å²) in [6.45, 7) is 4.73. The SMILES string of the molecule is CCCCC(C(=O)N1CCCC1C(=O)NCCC)C(F)C(=O)NO. The molecule has 8 heteroatoms. The van der Waals surface area contributed by atoms with Gasteiger partial charge in [-0.2, -0.15) is 0 Å². The normalized spacial score (nSPS) is 19.7. The van der Waals surface area contributed by atoms with Crippen LogP contribution in [-0.4, -0.2) is 53.1 Å². The molecule has 3 unspecified atom stereocenters. The van der Waals surface area contributed by atoms with E-state index in [9.17, 15) is 18.8 Å². The Bertz CT molecular complexity index is 447. The number of hydrogen-bond acceptors (Lipinski definition) is 4. The topological polar surface area (TPSA) is 98.7 Å². The predicted octanol–water partition coefficient (Wildman–Crippen LogP) is 1.15. The molecule has 1 rings (SSSR count). The van der Waals surface area contributed by atoms with Gasteiger partial charge in [0.25, 0.3) is 5.91 Å². The van der Waals surface area contributed by atoms with Gasteiger partial charge in [-0.3, -0.25) is 19.6 Å². The maximum absolute atomic E-state index is 14.3. The highest BCUT2D eigenvalue weighted by Crippen LogP contribution is 2.25. The van der Waals surface area contributed by atoms with Gasteiger partial charge in [0.05, 0.1) is 5.92 Å². The van der Waals surface area contributed by atoms with Crippen molar-refractivity contribution in [3.63, 3.8) is 0 Å². The number of hydroxylamine groups is 1. The summed E-state index contributed by atoms with van der Waals surface area (Å²) in [6, 6.07) is -0.613. The van der Waals surface area contributed by atoms with Crippen LogP contribution in [0.15, 0.2) is 0 Å². The highest BCUT2D eigenvalue weighted by molar-refractivity contribution is 5.92. The molecule has 0 radical (unpaired) electrons. The summed E-state index contributed by atoms with van der Waals surface area (Å²) < 4.78 is 14.3. The lowest BCUT2D eigenvalue weighted by atomic mass is 9.94. The Kier molecular flexibility index (Phi) is 8.67. The average molecular weight is 345 g/mol. The van der Waals surface area contributed by atoms with Crippen molar-refractivity contribution in [2.75, 3.05) is 13.1 Å². The maximum atomic E-state index is 14.3. The number of amides is 3. The predicted molar refractivity (Wildman–Crippen MR) is 85.9 cm³/mol. The van der Waals surface area contributed by atoms with Crippen molar-refractivity contribution in [2.45, 2.75) is 64.6 Å². The van der Waals surface area contributed by atoms with E-state index in [2.05, 4.69) is 5.32 Å². The monoisotopic (exact) mass is 345 g/mol. The zero-order chi connectivity index (χ0) is 18.1. The summed E-state index contributed by atoms with van der Waals surface area (Å²) in [5, 5.41) is 11.4. The maximum Gasteiger partial charge on any atom is 0.278 e. The molecule has 0 bridgehead atoms. The third kappa shape index (κ3) is 5.15. The number of alkyl halides is 1. The Balaban J connectivity index is 2.86.